The van der Waals surface area contributed by atoms with Crippen LogP contribution in [0.5, 0.6) is 5.75 Å². The third-order valence-corrected chi connectivity index (χ3v) is 3.77. The number of hydrogen-bond acceptors (Lipinski definition) is 7. The summed E-state index contributed by atoms with van der Waals surface area (Å²) in [6, 6.07) is 9.41. The molecular weight excluding hydrogens is 324 g/mol. The molecule has 0 spiro atoms. The smallest absolute Gasteiger partial charge is 0.496 e. The van der Waals surface area contributed by atoms with E-state index in [4.69, 9.17) is 19.3 Å². The molecule has 132 valence electrons. The van der Waals surface area contributed by atoms with Crippen molar-refractivity contribution in [2.24, 2.45) is 0 Å². The van der Waals surface area contributed by atoms with Gasteiger partial charge in [0.25, 0.3) is 0 Å². The Morgan fingerprint density at radius 2 is 2.04 bits per heavy atom. The summed E-state index contributed by atoms with van der Waals surface area (Å²) in [5, 5.41) is 21.4. The summed E-state index contributed by atoms with van der Waals surface area (Å²) in [4.78, 5) is 11.9. The Kier molecular flexibility index (Phi) is 6.03. The van der Waals surface area contributed by atoms with Gasteiger partial charge < -0.3 is 24.6 Å². The number of hydrogen-bond donors (Lipinski definition) is 2. The van der Waals surface area contributed by atoms with E-state index in [1.165, 1.54) is 7.11 Å². The maximum Gasteiger partial charge on any atom is 0.513 e. The van der Waals surface area contributed by atoms with Gasteiger partial charge >= 0.3 is 6.16 Å². The van der Waals surface area contributed by atoms with Crippen LogP contribution < -0.4 is 10.1 Å². The lowest BCUT2D eigenvalue weighted by Crippen LogP contribution is -2.27. The van der Waals surface area contributed by atoms with Gasteiger partial charge in [0.05, 0.1) is 37.0 Å². The minimum absolute atomic E-state index is 0.169. The zero-order valence-electron chi connectivity index (χ0n) is 14.3. The highest BCUT2D eigenvalue weighted by Gasteiger charge is 2.34. The molecule has 1 aliphatic heterocycles. The second-order valence-electron chi connectivity index (χ2n) is 5.36. The number of nitrogens with one attached hydrogen (secondary N) is 1. The summed E-state index contributed by atoms with van der Waals surface area (Å²) in [5.41, 5.74) is 2.38. The van der Waals surface area contributed by atoms with Crippen molar-refractivity contribution < 1.29 is 24.1 Å². The van der Waals surface area contributed by atoms with Crippen LogP contribution in [0.3, 0.4) is 0 Å². The number of allylic oxidation sites excluding steroid dienone is 3. The van der Waals surface area contributed by atoms with Crippen molar-refractivity contribution in [3.8, 4) is 11.8 Å². The van der Waals surface area contributed by atoms with Crippen molar-refractivity contribution in [2.45, 2.75) is 19.8 Å². The predicted molar refractivity (Wildman–Crippen MR) is 89.4 cm³/mol. The molecule has 0 aromatic heterocycles. The maximum atomic E-state index is 11.9. The van der Waals surface area contributed by atoms with E-state index in [1.807, 2.05) is 18.2 Å². The van der Waals surface area contributed by atoms with Crippen LogP contribution in [0.1, 0.15) is 25.3 Å². The molecule has 0 radical (unpaired) electrons. The van der Waals surface area contributed by atoms with Crippen LogP contribution in [0.4, 0.5) is 4.79 Å². The van der Waals surface area contributed by atoms with Gasteiger partial charge in [-0.25, -0.2) is 4.79 Å². The van der Waals surface area contributed by atoms with Gasteiger partial charge in [-0.05, 0) is 19.9 Å². The summed E-state index contributed by atoms with van der Waals surface area (Å²) < 4.78 is 15.5. The Labute approximate surface area is 146 Å². The molecular formula is C18H20N2O5. The van der Waals surface area contributed by atoms with Crippen molar-refractivity contribution in [1.29, 1.82) is 5.26 Å². The average molecular weight is 344 g/mol. The first-order valence-corrected chi connectivity index (χ1v) is 7.70. The second kappa shape index (κ2) is 8.22. The Morgan fingerprint density at radius 1 is 1.32 bits per heavy atom. The van der Waals surface area contributed by atoms with Gasteiger partial charge in [-0.1, -0.05) is 18.2 Å². The standard InChI is InChI=1S/C18H20N2O5/c1-11-14(10-19)16(13-6-4-5-7-15(13)23-3)17(12(2)20-11)25-18(22)24-9-8-21/h4-7,16,20-21H,8-9H2,1-3H3. The minimum atomic E-state index is -0.943. The van der Waals surface area contributed by atoms with Crippen LogP contribution in [0.15, 0.2) is 47.0 Å². The average Bonchev–Trinajstić information content (AvgIpc) is 2.61. The molecule has 1 aromatic carbocycles. The van der Waals surface area contributed by atoms with Gasteiger partial charge in [0, 0.05) is 11.3 Å². The lowest BCUT2D eigenvalue weighted by atomic mass is 9.85. The summed E-state index contributed by atoms with van der Waals surface area (Å²) in [6.07, 6.45) is -0.943. The lowest BCUT2D eigenvalue weighted by molar-refractivity contribution is 0.0586. The van der Waals surface area contributed by atoms with Gasteiger partial charge in [0.2, 0.25) is 0 Å². The van der Waals surface area contributed by atoms with Crippen molar-refractivity contribution in [1.82, 2.24) is 5.32 Å². The number of nitrogens with zero attached hydrogens (tertiary/aromatic N) is 1. The van der Waals surface area contributed by atoms with Gasteiger partial charge in [-0.3, -0.25) is 0 Å². The number of carbonyl (C=O) groups is 1. The van der Waals surface area contributed by atoms with Crippen LogP contribution in [0, 0.1) is 11.3 Å². The number of aliphatic hydroxyl groups excluding tert-OH is 1. The Morgan fingerprint density at radius 3 is 2.68 bits per heavy atom. The van der Waals surface area contributed by atoms with Gasteiger partial charge in [0.15, 0.2) is 0 Å². The van der Waals surface area contributed by atoms with Gasteiger partial charge in [-0.2, -0.15) is 5.26 Å². The Bertz CT molecular complexity index is 761. The van der Waals surface area contributed by atoms with E-state index in [-0.39, 0.29) is 19.0 Å². The highest BCUT2D eigenvalue weighted by atomic mass is 16.7. The molecule has 2 N–H and O–H groups in total. The van der Waals surface area contributed by atoms with E-state index in [2.05, 4.69) is 11.4 Å². The van der Waals surface area contributed by atoms with E-state index in [0.717, 1.165) is 0 Å². The highest BCUT2D eigenvalue weighted by molar-refractivity contribution is 5.64. The van der Waals surface area contributed by atoms with Crippen LogP contribution in [0.25, 0.3) is 0 Å². The molecule has 1 atom stereocenters. The molecule has 0 amide bonds. The molecule has 1 heterocycles. The molecule has 2 rings (SSSR count). The van der Waals surface area contributed by atoms with Gasteiger partial charge in [0.1, 0.15) is 18.1 Å². The van der Waals surface area contributed by atoms with Crippen LogP contribution in [0.2, 0.25) is 0 Å². The highest BCUT2D eigenvalue weighted by Crippen LogP contribution is 2.41. The number of methoxy groups -OCH3 is 1. The zero-order valence-corrected chi connectivity index (χ0v) is 14.3. The number of carbonyl (C=O) groups excluding carboxylic acids is 1. The number of aliphatic hydroxyl groups is 1. The van der Waals surface area contributed by atoms with Crippen LogP contribution in [-0.4, -0.2) is 31.6 Å². The predicted octanol–water partition coefficient (Wildman–Crippen LogP) is 2.56. The van der Waals surface area contributed by atoms with E-state index in [9.17, 15) is 10.1 Å². The monoisotopic (exact) mass is 344 g/mol. The first-order valence-electron chi connectivity index (χ1n) is 7.70. The summed E-state index contributed by atoms with van der Waals surface area (Å²) in [5.74, 6) is 0.228. The molecule has 0 saturated heterocycles. The third kappa shape index (κ3) is 3.92. The van der Waals surface area contributed by atoms with E-state index < -0.39 is 12.1 Å². The largest absolute Gasteiger partial charge is 0.513 e. The molecule has 0 aliphatic carbocycles. The quantitative estimate of drug-likeness (QED) is 0.792. The summed E-state index contributed by atoms with van der Waals surface area (Å²) in [6.45, 7) is 3.06. The van der Waals surface area contributed by atoms with Crippen molar-refractivity contribution in [3.63, 3.8) is 0 Å². The lowest BCUT2D eigenvalue weighted by Gasteiger charge is -2.29. The number of para-hydroxylation sites is 1. The topological polar surface area (TPSA) is 101 Å². The molecule has 1 unspecified atom stereocenters. The first-order chi connectivity index (χ1) is 12.0. The molecule has 0 saturated carbocycles. The van der Waals surface area contributed by atoms with Crippen LogP contribution in [-0.2, 0) is 9.47 Å². The number of rotatable bonds is 5. The number of nitriles is 1. The zero-order chi connectivity index (χ0) is 18.4. The van der Waals surface area contributed by atoms with Crippen molar-refractivity contribution in [2.75, 3.05) is 20.3 Å². The SMILES string of the molecule is COc1ccccc1C1C(C#N)=C(C)NC(C)=C1OC(=O)OCCO. The number of dihydropyridines is 1. The molecule has 0 fully saturated rings. The number of ether oxygens (including phenoxy) is 3. The molecule has 1 aromatic rings. The van der Waals surface area contributed by atoms with Crippen molar-refractivity contribution in [3.05, 3.63) is 52.6 Å². The fourth-order valence-electron chi connectivity index (χ4n) is 2.71. The van der Waals surface area contributed by atoms with E-state index in [0.29, 0.717) is 28.3 Å². The third-order valence-electron chi connectivity index (χ3n) is 3.77. The fourth-order valence-corrected chi connectivity index (χ4v) is 2.71. The fraction of sp³-hybridized carbons (Fsp3) is 0.333. The number of benzene rings is 1. The van der Waals surface area contributed by atoms with Crippen molar-refractivity contribution >= 4 is 6.16 Å². The summed E-state index contributed by atoms with van der Waals surface area (Å²) in [7, 11) is 1.54. The first kappa shape index (κ1) is 18.4. The molecule has 7 heteroatoms. The maximum absolute atomic E-state index is 11.9. The molecule has 1 aliphatic rings. The second-order valence-corrected chi connectivity index (χ2v) is 5.36. The Balaban J connectivity index is 2.49. The van der Waals surface area contributed by atoms with E-state index in [1.54, 1.807) is 19.9 Å². The van der Waals surface area contributed by atoms with E-state index >= 15 is 0 Å². The Hall–Kier alpha value is -2.98. The summed E-state index contributed by atoms with van der Waals surface area (Å²) >= 11 is 0. The normalized spacial score (nSPS) is 16.8. The van der Waals surface area contributed by atoms with Gasteiger partial charge in [-0.15, -0.1) is 0 Å². The minimum Gasteiger partial charge on any atom is -0.496 e. The van der Waals surface area contributed by atoms with Crippen LogP contribution >= 0.6 is 0 Å². The molecule has 25 heavy (non-hydrogen) atoms. The molecule has 0 bridgehead atoms. The molecule has 7 nitrogen and oxygen atoms in total.